The number of fused-ring (bicyclic) bond motifs is 1. The van der Waals surface area contributed by atoms with Crippen molar-refractivity contribution in [2.45, 2.75) is 31.6 Å². The number of ether oxygens (including phenoxy) is 1. The fourth-order valence-electron chi connectivity index (χ4n) is 3.18. The van der Waals surface area contributed by atoms with E-state index in [0.29, 0.717) is 22.2 Å². The van der Waals surface area contributed by atoms with E-state index in [9.17, 15) is 13.2 Å². The lowest BCUT2D eigenvalue weighted by Gasteiger charge is -2.15. The molecule has 6 nitrogen and oxygen atoms in total. The zero-order valence-corrected chi connectivity index (χ0v) is 16.4. The number of benzene rings is 2. The summed E-state index contributed by atoms with van der Waals surface area (Å²) in [5, 5.41) is 0.710. The number of methoxy groups -OCH3 is 1. The molecule has 0 radical (unpaired) electrons. The number of para-hydroxylation sites is 1. The van der Waals surface area contributed by atoms with Crippen molar-refractivity contribution >= 4 is 26.7 Å². The van der Waals surface area contributed by atoms with Crippen molar-refractivity contribution in [1.29, 1.82) is 0 Å². The maximum atomic E-state index is 12.8. The zero-order chi connectivity index (χ0) is 19.8. The first kappa shape index (κ1) is 19.0. The molecule has 7 heteroatoms. The summed E-state index contributed by atoms with van der Waals surface area (Å²) in [5.41, 5.74) is 1.80. The van der Waals surface area contributed by atoms with Crippen LogP contribution in [0.4, 0.5) is 5.69 Å². The van der Waals surface area contributed by atoms with Crippen LogP contribution in [-0.4, -0.2) is 15.5 Å². The summed E-state index contributed by atoms with van der Waals surface area (Å²) < 4.78 is 38.6. The van der Waals surface area contributed by atoms with Crippen LogP contribution in [-0.2, 0) is 10.0 Å². The van der Waals surface area contributed by atoms with Crippen LogP contribution in [0.25, 0.3) is 11.0 Å². The molecule has 27 heavy (non-hydrogen) atoms. The van der Waals surface area contributed by atoms with E-state index in [0.717, 1.165) is 5.56 Å². The van der Waals surface area contributed by atoms with Crippen molar-refractivity contribution in [1.82, 2.24) is 0 Å². The third-order valence-corrected chi connectivity index (χ3v) is 5.79. The summed E-state index contributed by atoms with van der Waals surface area (Å²) in [7, 11) is -2.42. The summed E-state index contributed by atoms with van der Waals surface area (Å²) in [5.74, 6) is 0.341. The van der Waals surface area contributed by atoms with Crippen LogP contribution < -0.4 is 15.1 Å². The Labute approximate surface area is 157 Å². The van der Waals surface area contributed by atoms with Gasteiger partial charge in [-0.1, -0.05) is 26.0 Å². The maximum absolute atomic E-state index is 12.8. The molecule has 1 aromatic heterocycles. The highest BCUT2D eigenvalue weighted by Crippen LogP contribution is 2.31. The van der Waals surface area contributed by atoms with Crippen LogP contribution in [0.3, 0.4) is 0 Å². The minimum absolute atomic E-state index is 0.0486. The molecule has 0 aliphatic carbocycles. The van der Waals surface area contributed by atoms with Crippen molar-refractivity contribution in [2.75, 3.05) is 11.8 Å². The Bertz CT molecular complexity index is 1160. The number of hydrogen-bond donors (Lipinski definition) is 1. The maximum Gasteiger partial charge on any atom is 0.339 e. The molecular formula is C20H21NO5S. The van der Waals surface area contributed by atoms with Crippen LogP contribution in [0.2, 0.25) is 0 Å². The Hall–Kier alpha value is -2.80. The van der Waals surface area contributed by atoms with E-state index in [1.165, 1.54) is 13.2 Å². The van der Waals surface area contributed by atoms with E-state index in [-0.39, 0.29) is 22.2 Å². The molecule has 0 aliphatic heterocycles. The lowest BCUT2D eigenvalue weighted by Crippen LogP contribution is -2.14. The van der Waals surface area contributed by atoms with Gasteiger partial charge >= 0.3 is 5.63 Å². The van der Waals surface area contributed by atoms with Crippen molar-refractivity contribution in [3.8, 4) is 5.75 Å². The molecule has 0 spiro atoms. The van der Waals surface area contributed by atoms with E-state index < -0.39 is 10.0 Å². The Morgan fingerprint density at radius 1 is 1.11 bits per heavy atom. The Kier molecular flexibility index (Phi) is 4.97. The van der Waals surface area contributed by atoms with Gasteiger partial charge in [-0.05, 0) is 48.7 Å². The average molecular weight is 387 g/mol. The second kappa shape index (κ2) is 7.08. The van der Waals surface area contributed by atoms with Crippen LogP contribution in [0.15, 0.2) is 56.6 Å². The van der Waals surface area contributed by atoms with Gasteiger partial charge < -0.3 is 9.15 Å². The highest BCUT2D eigenvalue weighted by molar-refractivity contribution is 7.92. The molecule has 0 amide bonds. The third-order valence-electron chi connectivity index (χ3n) is 4.37. The van der Waals surface area contributed by atoms with Gasteiger partial charge in [0.25, 0.3) is 10.0 Å². The topological polar surface area (TPSA) is 85.6 Å². The standard InChI is InChI=1S/C20H21NO5S/c1-12(2)19-13(3)20(22)26-16-10-9-14(11-15(16)19)21-27(23,24)18-8-6-5-7-17(18)25-4/h5-12,21H,1-4H3. The van der Waals surface area contributed by atoms with E-state index in [1.807, 2.05) is 13.8 Å². The highest BCUT2D eigenvalue weighted by atomic mass is 32.2. The molecule has 0 fully saturated rings. The smallest absolute Gasteiger partial charge is 0.339 e. The summed E-state index contributed by atoms with van der Waals surface area (Å²) in [6.07, 6.45) is 0. The molecule has 0 unspecified atom stereocenters. The number of hydrogen-bond acceptors (Lipinski definition) is 5. The molecule has 0 saturated heterocycles. The van der Waals surface area contributed by atoms with Gasteiger partial charge in [0.05, 0.1) is 7.11 Å². The summed E-state index contributed by atoms with van der Waals surface area (Å²) in [4.78, 5) is 12.1. The van der Waals surface area contributed by atoms with Gasteiger partial charge in [0.1, 0.15) is 16.2 Å². The zero-order valence-electron chi connectivity index (χ0n) is 15.6. The number of rotatable bonds is 5. The average Bonchev–Trinajstić information content (AvgIpc) is 2.62. The summed E-state index contributed by atoms with van der Waals surface area (Å²) in [6.45, 7) is 5.67. The summed E-state index contributed by atoms with van der Waals surface area (Å²) in [6, 6.07) is 11.3. The van der Waals surface area contributed by atoms with E-state index in [4.69, 9.17) is 9.15 Å². The van der Waals surface area contributed by atoms with Gasteiger partial charge in [-0.3, -0.25) is 4.72 Å². The second-order valence-corrected chi connectivity index (χ2v) is 8.20. The highest BCUT2D eigenvalue weighted by Gasteiger charge is 2.20. The van der Waals surface area contributed by atoms with Gasteiger partial charge in [-0.25, -0.2) is 13.2 Å². The van der Waals surface area contributed by atoms with Gasteiger partial charge in [0, 0.05) is 16.6 Å². The number of nitrogens with one attached hydrogen (secondary N) is 1. The first-order valence-corrected chi connectivity index (χ1v) is 9.96. The predicted octanol–water partition coefficient (Wildman–Crippen LogP) is 4.03. The lowest BCUT2D eigenvalue weighted by molar-refractivity contribution is 0.403. The largest absolute Gasteiger partial charge is 0.495 e. The fourth-order valence-corrected chi connectivity index (χ4v) is 4.40. The van der Waals surface area contributed by atoms with Crippen molar-refractivity contribution in [3.05, 3.63) is 64.0 Å². The molecule has 0 bridgehead atoms. The first-order chi connectivity index (χ1) is 12.7. The van der Waals surface area contributed by atoms with Crippen molar-refractivity contribution < 1.29 is 17.6 Å². The molecule has 3 rings (SSSR count). The molecule has 0 atom stereocenters. The number of anilines is 1. The monoisotopic (exact) mass is 387 g/mol. The molecule has 0 saturated carbocycles. The van der Waals surface area contributed by atoms with Gasteiger partial charge in [0.2, 0.25) is 0 Å². The molecular weight excluding hydrogens is 366 g/mol. The van der Waals surface area contributed by atoms with Crippen molar-refractivity contribution in [3.63, 3.8) is 0 Å². The fraction of sp³-hybridized carbons (Fsp3) is 0.250. The number of sulfonamides is 1. The third kappa shape index (κ3) is 3.55. The molecule has 3 aromatic rings. The predicted molar refractivity (Wildman–Crippen MR) is 105 cm³/mol. The Balaban J connectivity index is 2.12. The van der Waals surface area contributed by atoms with Crippen LogP contribution in [0.5, 0.6) is 5.75 Å². The van der Waals surface area contributed by atoms with E-state index >= 15 is 0 Å². The molecule has 142 valence electrons. The molecule has 0 aliphatic rings. The van der Waals surface area contributed by atoms with Gasteiger partial charge in [-0.2, -0.15) is 0 Å². The Morgan fingerprint density at radius 2 is 1.81 bits per heavy atom. The molecule has 2 aromatic carbocycles. The molecule has 1 N–H and O–H groups in total. The van der Waals surface area contributed by atoms with E-state index in [1.54, 1.807) is 43.3 Å². The molecule has 1 heterocycles. The lowest BCUT2D eigenvalue weighted by atomic mass is 9.95. The van der Waals surface area contributed by atoms with Gasteiger partial charge in [0.15, 0.2) is 0 Å². The van der Waals surface area contributed by atoms with Crippen molar-refractivity contribution in [2.24, 2.45) is 0 Å². The summed E-state index contributed by atoms with van der Waals surface area (Å²) >= 11 is 0. The Morgan fingerprint density at radius 3 is 2.48 bits per heavy atom. The van der Waals surface area contributed by atoms with Crippen LogP contribution in [0, 0.1) is 6.92 Å². The first-order valence-electron chi connectivity index (χ1n) is 8.48. The quantitative estimate of drug-likeness (QED) is 0.668. The van der Waals surface area contributed by atoms with Crippen LogP contribution >= 0.6 is 0 Å². The normalized spacial score (nSPS) is 11.7. The SMILES string of the molecule is COc1ccccc1S(=O)(=O)Nc1ccc2oc(=O)c(C)c(C(C)C)c2c1. The van der Waals surface area contributed by atoms with Gasteiger partial charge in [-0.15, -0.1) is 0 Å². The van der Waals surface area contributed by atoms with Crippen LogP contribution in [0.1, 0.15) is 30.9 Å². The minimum Gasteiger partial charge on any atom is -0.495 e. The second-order valence-electron chi connectivity index (χ2n) is 6.55. The minimum atomic E-state index is -3.84. The van der Waals surface area contributed by atoms with E-state index in [2.05, 4.69) is 4.72 Å².